The van der Waals surface area contributed by atoms with Crippen molar-refractivity contribution in [2.45, 2.75) is 40.4 Å². The van der Waals surface area contributed by atoms with Crippen molar-refractivity contribution in [1.82, 2.24) is 4.98 Å². The van der Waals surface area contributed by atoms with Crippen LogP contribution >= 0.6 is 0 Å². The molecule has 1 aromatic heterocycles. The maximum Gasteiger partial charge on any atom is 0.230 e. The van der Waals surface area contributed by atoms with E-state index in [2.05, 4.69) is 41.4 Å². The van der Waals surface area contributed by atoms with Crippen molar-refractivity contribution in [3.05, 3.63) is 23.9 Å². The Morgan fingerprint density at radius 3 is 2.47 bits per heavy atom. The van der Waals surface area contributed by atoms with Gasteiger partial charge in [0.25, 0.3) is 0 Å². The molecule has 1 aromatic rings. The van der Waals surface area contributed by atoms with Crippen LogP contribution < -0.4 is 5.32 Å². The molecule has 0 bridgehead atoms. The molecule has 0 saturated heterocycles. The van der Waals surface area contributed by atoms with Gasteiger partial charge >= 0.3 is 0 Å². The molecular weight excluding hydrogens is 252 g/mol. The molecule has 0 unspecified atom stereocenters. The number of carbonyl (C=O) groups excluding carboxylic acids is 1. The third-order valence-electron chi connectivity index (χ3n) is 2.26. The van der Waals surface area contributed by atoms with Gasteiger partial charge in [0.2, 0.25) is 5.91 Å². The minimum atomic E-state index is -1.39. The molecule has 0 radical (unpaired) electrons. The van der Waals surface area contributed by atoms with Crippen LogP contribution in [0, 0.1) is 16.9 Å². The van der Waals surface area contributed by atoms with E-state index in [1.165, 1.54) is 0 Å². The van der Waals surface area contributed by atoms with Crippen molar-refractivity contribution in [3.63, 3.8) is 0 Å². The predicted molar refractivity (Wildman–Crippen MR) is 82.5 cm³/mol. The summed E-state index contributed by atoms with van der Waals surface area (Å²) in [4.78, 5) is 16.0. The summed E-state index contributed by atoms with van der Waals surface area (Å²) < 4.78 is 0. The number of pyridine rings is 1. The van der Waals surface area contributed by atoms with Crippen LogP contribution in [-0.4, -0.2) is 19.0 Å². The number of hydrogen-bond acceptors (Lipinski definition) is 2. The minimum Gasteiger partial charge on any atom is -0.310 e. The fourth-order valence-corrected chi connectivity index (χ4v) is 1.66. The highest BCUT2D eigenvalue weighted by atomic mass is 28.3. The van der Waals surface area contributed by atoms with Crippen LogP contribution in [-0.2, 0) is 4.79 Å². The summed E-state index contributed by atoms with van der Waals surface area (Å²) in [6, 6.07) is 3.68. The molecule has 0 spiro atoms. The van der Waals surface area contributed by atoms with Gasteiger partial charge in [0.15, 0.2) is 0 Å². The molecule has 0 aromatic carbocycles. The number of aromatic nitrogens is 1. The lowest BCUT2D eigenvalue weighted by Crippen LogP contribution is -2.28. The van der Waals surface area contributed by atoms with E-state index in [1.807, 2.05) is 32.9 Å². The second-order valence-corrected chi connectivity index (χ2v) is 11.4. The summed E-state index contributed by atoms with van der Waals surface area (Å²) in [5, 5.41) is 2.81. The van der Waals surface area contributed by atoms with Crippen molar-refractivity contribution >= 4 is 19.8 Å². The van der Waals surface area contributed by atoms with Crippen molar-refractivity contribution < 1.29 is 4.79 Å². The van der Waals surface area contributed by atoms with E-state index >= 15 is 0 Å². The first kappa shape index (κ1) is 15.5. The molecule has 1 heterocycles. The number of nitrogens with one attached hydrogen (secondary N) is 1. The zero-order valence-corrected chi connectivity index (χ0v) is 13.6. The minimum absolute atomic E-state index is 0.0460. The number of rotatable bonds is 1. The molecule has 0 fully saturated rings. The summed E-state index contributed by atoms with van der Waals surface area (Å²) in [5.74, 6) is 3.67. The van der Waals surface area contributed by atoms with Gasteiger partial charge in [-0.25, -0.2) is 4.98 Å². The van der Waals surface area contributed by atoms with E-state index in [-0.39, 0.29) is 5.91 Å². The highest BCUT2D eigenvalue weighted by molar-refractivity contribution is 6.83. The van der Waals surface area contributed by atoms with Gasteiger partial charge in [0.1, 0.15) is 13.9 Å². The maximum atomic E-state index is 11.9. The normalized spacial score (nSPS) is 11.5. The first-order chi connectivity index (χ1) is 8.58. The van der Waals surface area contributed by atoms with Gasteiger partial charge in [-0.3, -0.25) is 4.79 Å². The van der Waals surface area contributed by atoms with E-state index in [0.717, 1.165) is 5.56 Å². The zero-order chi connectivity index (χ0) is 14.7. The van der Waals surface area contributed by atoms with Gasteiger partial charge in [-0.2, -0.15) is 0 Å². The third-order valence-corrected chi connectivity index (χ3v) is 3.14. The number of hydrogen-bond donors (Lipinski definition) is 1. The molecule has 4 heteroatoms. The Morgan fingerprint density at radius 2 is 1.95 bits per heavy atom. The van der Waals surface area contributed by atoms with E-state index in [0.29, 0.717) is 5.82 Å². The van der Waals surface area contributed by atoms with Crippen LogP contribution in [0.3, 0.4) is 0 Å². The molecule has 3 nitrogen and oxygen atoms in total. The average molecular weight is 274 g/mol. The Kier molecular flexibility index (Phi) is 4.54. The summed E-state index contributed by atoms with van der Waals surface area (Å²) in [6.45, 7) is 12.2. The summed E-state index contributed by atoms with van der Waals surface area (Å²) >= 11 is 0. The standard InChI is InChI=1S/C15H22N2OSi/c1-15(2,3)14(18)17-13-11-12(7-9-16-13)8-10-19(4,5)6/h7,9,11H,1-6H3,(H,16,17,18). The first-order valence-electron chi connectivity index (χ1n) is 6.39. The fraction of sp³-hybridized carbons (Fsp3) is 0.467. The van der Waals surface area contributed by atoms with E-state index in [4.69, 9.17) is 0 Å². The molecule has 0 aliphatic heterocycles. The number of nitrogens with zero attached hydrogens (tertiary/aromatic N) is 1. The highest BCUT2D eigenvalue weighted by Crippen LogP contribution is 2.16. The second kappa shape index (κ2) is 5.58. The van der Waals surface area contributed by atoms with Crippen LogP contribution in [0.1, 0.15) is 26.3 Å². The molecular formula is C15H22N2OSi. The number of anilines is 1. The zero-order valence-electron chi connectivity index (χ0n) is 12.6. The maximum absolute atomic E-state index is 11.9. The number of amides is 1. The molecule has 0 aliphatic rings. The Hall–Kier alpha value is -1.60. The Balaban J connectivity index is 2.89. The predicted octanol–water partition coefficient (Wildman–Crippen LogP) is 3.30. The molecule has 0 atom stereocenters. The van der Waals surface area contributed by atoms with Crippen molar-refractivity contribution in [2.24, 2.45) is 5.41 Å². The summed E-state index contributed by atoms with van der Waals surface area (Å²) in [7, 11) is -1.39. The lowest BCUT2D eigenvalue weighted by Gasteiger charge is -2.17. The third kappa shape index (κ3) is 5.71. The fourth-order valence-electron chi connectivity index (χ4n) is 1.14. The lowest BCUT2D eigenvalue weighted by molar-refractivity contribution is -0.123. The van der Waals surface area contributed by atoms with Crippen molar-refractivity contribution in [3.8, 4) is 11.5 Å². The van der Waals surface area contributed by atoms with Crippen LogP contribution in [0.15, 0.2) is 18.3 Å². The first-order valence-corrected chi connectivity index (χ1v) is 9.89. The van der Waals surface area contributed by atoms with Gasteiger partial charge in [-0.1, -0.05) is 46.3 Å². The molecule has 1 rings (SSSR count). The van der Waals surface area contributed by atoms with Crippen molar-refractivity contribution in [1.29, 1.82) is 0 Å². The quantitative estimate of drug-likeness (QED) is 0.630. The van der Waals surface area contributed by atoms with Gasteiger partial charge in [-0.15, -0.1) is 5.54 Å². The van der Waals surface area contributed by atoms with Gasteiger partial charge in [0, 0.05) is 17.2 Å². The topological polar surface area (TPSA) is 42.0 Å². The SMILES string of the molecule is CC(C)(C)C(=O)Nc1cc(C#C[Si](C)(C)C)ccn1. The van der Waals surface area contributed by atoms with Crippen LogP contribution in [0.5, 0.6) is 0 Å². The molecule has 0 aliphatic carbocycles. The molecule has 1 N–H and O–H groups in total. The van der Waals surface area contributed by atoms with Crippen LogP contribution in [0.25, 0.3) is 0 Å². The molecule has 19 heavy (non-hydrogen) atoms. The smallest absolute Gasteiger partial charge is 0.230 e. The lowest BCUT2D eigenvalue weighted by atomic mass is 9.96. The highest BCUT2D eigenvalue weighted by Gasteiger charge is 2.21. The largest absolute Gasteiger partial charge is 0.310 e. The Morgan fingerprint density at radius 1 is 1.32 bits per heavy atom. The van der Waals surface area contributed by atoms with Gasteiger partial charge < -0.3 is 5.32 Å². The summed E-state index contributed by atoms with van der Waals surface area (Å²) in [6.07, 6.45) is 1.67. The summed E-state index contributed by atoms with van der Waals surface area (Å²) in [5.41, 5.74) is 3.76. The van der Waals surface area contributed by atoms with E-state index in [9.17, 15) is 4.79 Å². The number of carbonyl (C=O) groups is 1. The molecule has 102 valence electrons. The average Bonchev–Trinajstić information content (AvgIpc) is 2.25. The molecule has 0 saturated carbocycles. The van der Waals surface area contributed by atoms with Gasteiger partial charge in [0.05, 0.1) is 0 Å². The van der Waals surface area contributed by atoms with Gasteiger partial charge in [-0.05, 0) is 12.1 Å². The van der Waals surface area contributed by atoms with E-state index in [1.54, 1.807) is 6.20 Å². The second-order valence-electron chi connectivity index (χ2n) is 6.63. The van der Waals surface area contributed by atoms with Crippen LogP contribution in [0.4, 0.5) is 5.82 Å². The van der Waals surface area contributed by atoms with Crippen LogP contribution in [0.2, 0.25) is 19.6 Å². The Bertz CT molecular complexity index is 528. The van der Waals surface area contributed by atoms with E-state index < -0.39 is 13.5 Å². The van der Waals surface area contributed by atoms with Crippen molar-refractivity contribution in [2.75, 3.05) is 5.32 Å². The monoisotopic (exact) mass is 274 g/mol. The Labute approximate surface area is 116 Å². The molecule has 1 amide bonds.